The maximum Gasteiger partial charge on any atom is 0.124 e. The standard InChI is InChI=1S/C18H25NO2/c1-4-14(2)21-18-10-9-15-7-5-6-8-16(15)17(18)13-19-11-12-20-3/h5-10,14,19H,4,11-13H2,1-3H3. The van der Waals surface area contributed by atoms with Crippen molar-refractivity contribution in [2.45, 2.75) is 32.9 Å². The topological polar surface area (TPSA) is 30.5 Å². The van der Waals surface area contributed by atoms with E-state index in [9.17, 15) is 0 Å². The van der Waals surface area contributed by atoms with Gasteiger partial charge in [-0.2, -0.15) is 0 Å². The van der Waals surface area contributed by atoms with E-state index in [1.807, 2.05) is 0 Å². The first kappa shape index (κ1) is 15.8. The monoisotopic (exact) mass is 287 g/mol. The lowest BCUT2D eigenvalue weighted by Crippen LogP contribution is -2.20. The molecule has 2 rings (SSSR count). The molecule has 0 spiro atoms. The van der Waals surface area contributed by atoms with Gasteiger partial charge >= 0.3 is 0 Å². The van der Waals surface area contributed by atoms with Gasteiger partial charge in [-0.1, -0.05) is 37.3 Å². The third-order valence-electron chi connectivity index (χ3n) is 3.69. The molecule has 0 saturated carbocycles. The molecule has 3 heteroatoms. The normalized spacial score (nSPS) is 12.5. The third kappa shape index (κ3) is 4.19. The molecular formula is C18H25NO2. The number of ether oxygens (including phenoxy) is 2. The first-order valence-electron chi connectivity index (χ1n) is 7.63. The summed E-state index contributed by atoms with van der Waals surface area (Å²) in [4.78, 5) is 0. The van der Waals surface area contributed by atoms with Gasteiger partial charge in [-0.15, -0.1) is 0 Å². The predicted octanol–water partition coefficient (Wildman–Crippen LogP) is 3.75. The number of nitrogens with one attached hydrogen (secondary N) is 1. The largest absolute Gasteiger partial charge is 0.490 e. The second-order valence-corrected chi connectivity index (χ2v) is 5.27. The van der Waals surface area contributed by atoms with Crippen LogP contribution in [0.1, 0.15) is 25.8 Å². The molecule has 0 aliphatic carbocycles. The Morgan fingerprint density at radius 1 is 1.14 bits per heavy atom. The number of hydrogen-bond donors (Lipinski definition) is 1. The van der Waals surface area contributed by atoms with E-state index in [0.29, 0.717) is 6.61 Å². The summed E-state index contributed by atoms with van der Waals surface area (Å²) in [6.07, 6.45) is 1.23. The van der Waals surface area contributed by atoms with Gasteiger partial charge in [0.05, 0.1) is 12.7 Å². The Labute approximate surface area is 127 Å². The van der Waals surface area contributed by atoms with Crippen molar-refractivity contribution in [3.8, 4) is 5.75 Å². The summed E-state index contributed by atoms with van der Waals surface area (Å²) in [5, 5.41) is 5.92. The minimum atomic E-state index is 0.226. The SMILES string of the molecule is CCC(C)Oc1ccc2ccccc2c1CNCCOC. The Morgan fingerprint density at radius 3 is 2.71 bits per heavy atom. The highest BCUT2D eigenvalue weighted by Crippen LogP contribution is 2.29. The van der Waals surface area contributed by atoms with Crippen molar-refractivity contribution in [2.24, 2.45) is 0 Å². The summed E-state index contributed by atoms with van der Waals surface area (Å²) in [6, 6.07) is 12.7. The molecule has 0 saturated heterocycles. The van der Waals surface area contributed by atoms with E-state index in [-0.39, 0.29) is 6.10 Å². The zero-order chi connectivity index (χ0) is 15.1. The summed E-state index contributed by atoms with van der Waals surface area (Å²) < 4.78 is 11.2. The lowest BCUT2D eigenvalue weighted by molar-refractivity contribution is 0.198. The number of rotatable bonds is 8. The summed E-state index contributed by atoms with van der Waals surface area (Å²) >= 11 is 0. The van der Waals surface area contributed by atoms with Crippen molar-refractivity contribution in [3.63, 3.8) is 0 Å². The van der Waals surface area contributed by atoms with Gasteiger partial charge in [0.25, 0.3) is 0 Å². The van der Waals surface area contributed by atoms with E-state index in [4.69, 9.17) is 9.47 Å². The molecule has 3 nitrogen and oxygen atoms in total. The predicted molar refractivity (Wildman–Crippen MR) is 87.9 cm³/mol. The summed E-state index contributed by atoms with van der Waals surface area (Å²) in [5.41, 5.74) is 1.23. The molecule has 0 fully saturated rings. The minimum Gasteiger partial charge on any atom is -0.490 e. The van der Waals surface area contributed by atoms with Gasteiger partial charge in [0.1, 0.15) is 5.75 Å². The molecule has 0 heterocycles. The van der Waals surface area contributed by atoms with Crippen LogP contribution >= 0.6 is 0 Å². The van der Waals surface area contributed by atoms with Gasteiger partial charge in [0.2, 0.25) is 0 Å². The highest BCUT2D eigenvalue weighted by atomic mass is 16.5. The van der Waals surface area contributed by atoms with Crippen molar-refractivity contribution < 1.29 is 9.47 Å². The van der Waals surface area contributed by atoms with Crippen LogP contribution in [0.25, 0.3) is 10.8 Å². The molecule has 0 aliphatic heterocycles. The van der Waals surface area contributed by atoms with Crippen LogP contribution in [0.4, 0.5) is 0 Å². The molecule has 0 bridgehead atoms. The van der Waals surface area contributed by atoms with Crippen LogP contribution in [-0.2, 0) is 11.3 Å². The van der Waals surface area contributed by atoms with Crippen molar-refractivity contribution in [1.29, 1.82) is 0 Å². The average molecular weight is 287 g/mol. The van der Waals surface area contributed by atoms with Gasteiger partial charge in [-0.05, 0) is 30.2 Å². The zero-order valence-corrected chi connectivity index (χ0v) is 13.2. The average Bonchev–Trinajstić information content (AvgIpc) is 2.52. The van der Waals surface area contributed by atoms with E-state index < -0.39 is 0 Å². The van der Waals surface area contributed by atoms with E-state index in [0.717, 1.165) is 25.3 Å². The van der Waals surface area contributed by atoms with Gasteiger partial charge in [-0.3, -0.25) is 0 Å². The van der Waals surface area contributed by atoms with Gasteiger partial charge in [-0.25, -0.2) is 0 Å². The fourth-order valence-electron chi connectivity index (χ4n) is 2.30. The second-order valence-electron chi connectivity index (χ2n) is 5.27. The lowest BCUT2D eigenvalue weighted by atomic mass is 10.0. The summed E-state index contributed by atoms with van der Waals surface area (Å²) in [7, 11) is 1.72. The molecule has 0 aromatic heterocycles. The van der Waals surface area contributed by atoms with Crippen LogP contribution in [0.15, 0.2) is 36.4 Å². The highest BCUT2D eigenvalue weighted by molar-refractivity contribution is 5.87. The van der Waals surface area contributed by atoms with E-state index in [1.165, 1.54) is 16.3 Å². The fourth-order valence-corrected chi connectivity index (χ4v) is 2.30. The lowest BCUT2D eigenvalue weighted by Gasteiger charge is -2.18. The molecule has 1 atom stereocenters. The van der Waals surface area contributed by atoms with Crippen molar-refractivity contribution in [1.82, 2.24) is 5.32 Å². The Balaban J connectivity index is 2.28. The van der Waals surface area contributed by atoms with Crippen LogP contribution < -0.4 is 10.1 Å². The van der Waals surface area contributed by atoms with Gasteiger partial charge < -0.3 is 14.8 Å². The maximum absolute atomic E-state index is 6.09. The van der Waals surface area contributed by atoms with Crippen molar-refractivity contribution >= 4 is 10.8 Å². The van der Waals surface area contributed by atoms with E-state index >= 15 is 0 Å². The zero-order valence-electron chi connectivity index (χ0n) is 13.2. The number of fused-ring (bicyclic) bond motifs is 1. The quantitative estimate of drug-likeness (QED) is 0.750. The van der Waals surface area contributed by atoms with Crippen LogP contribution in [0, 0.1) is 0 Å². The molecule has 0 amide bonds. The number of benzene rings is 2. The van der Waals surface area contributed by atoms with Crippen LogP contribution in [-0.4, -0.2) is 26.4 Å². The Morgan fingerprint density at radius 2 is 1.95 bits per heavy atom. The molecular weight excluding hydrogens is 262 g/mol. The van der Waals surface area contributed by atoms with Gasteiger partial charge in [0, 0.05) is 25.8 Å². The molecule has 2 aromatic rings. The third-order valence-corrected chi connectivity index (χ3v) is 3.69. The summed E-state index contributed by atoms with van der Waals surface area (Å²) in [6.45, 7) is 6.59. The van der Waals surface area contributed by atoms with Crippen molar-refractivity contribution in [2.75, 3.05) is 20.3 Å². The number of hydrogen-bond acceptors (Lipinski definition) is 3. The molecule has 114 valence electrons. The maximum atomic E-state index is 6.09. The molecule has 2 aromatic carbocycles. The van der Waals surface area contributed by atoms with Crippen LogP contribution in [0.5, 0.6) is 5.75 Å². The number of methoxy groups -OCH3 is 1. The smallest absolute Gasteiger partial charge is 0.124 e. The molecule has 21 heavy (non-hydrogen) atoms. The van der Waals surface area contributed by atoms with Gasteiger partial charge in [0.15, 0.2) is 0 Å². The van der Waals surface area contributed by atoms with E-state index in [1.54, 1.807) is 7.11 Å². The first-order valence-corrected chi connectivity index (χ1v) is 7.63. The first-order chi connectivity index (χ1) is 10.3. The Hall–Kier alpha value is -1.58. The van der Waals surface area contributed by atoms with Crippen molar-refractivity contribution in [3.05, 3.63) is 42.0 Å². The Kier molecular flexibility index (Phi) is 6.03. The van der Waals surface area contributed by atoms with E-state index in [2.05, 4.69) is 55.6 Å². The summed E-state index contributed by atoms with van der Waals surface area (Å²) in [5.74, 6) is 0.980. The minimum absolute atomic E-state index is 0.226. The highest BCUT2D eigenvalue weighted by Gasteiger charge is 2.10. The fraction of sp³-hybridized carbons (Fsp3) is 0.444. The van der Waals surface area contributed by atoms with Crippen LogP contribution in [0.3, 0.4) is 0 Å². The van der Waals surface area contributed by atoms with Crippen LogP contribution in [0.2, 0.25) is 0 Å². The molecule has 1 N–H and O–H groups in total. The molecule has 1 unspecified atom stereocenters. The molecule has 0 radical (unpaired) electrons. The molecule has 0 aliphatic rings. The second kappa shape index (κ2) is 8.01. The Bertz CT molecular complexity index is 568.